The Labute approximate surface area is 804 Å². The van der Waals surface area contributed by atoms with E-state index in [2.05, 4.69) is 95.4 Å². The third-order valence-corrected chi connectivity index (χ3v) is 22.4. The minimum Gasteiger partial charge on any atom is -0.508 e. The van der Waals surface area contributed by atoms with E-state index in [1.165, 1.54) is 30.5 Å². The van der Waals surface area contributed by atoms with Gasteiger partial charge in [-0.2, -0.15) is 0 Å². The Morgan fingerprint density at radius 1 is 0.450 bits per heavy atom. The van der Waals surface area contributed by atoms with E-state index in [9.17, 15) is 132 Å². The molecular weight excluding hydrogens is 1840 g/mol. The number of nitrogens with zero attached hydrogens (tertiary/aromatic N) is 2. The molecule has 0 saturated carbocycles. The Balaban J connectivity index is 1.27. The minimum absolute atomic E-state index is 0.00119. The molecule has 2 aliphatic rings. The van der Waals surface area contributed by atoms with Crippen LogP contribution in [-0.2, 0) is 109 Å². The maximum absolute atomic E-state index is 14.7. The number of amides is 18. The number of nitrogens with two attached hydrogens (primary N) is 4. The number of guanidine groups is 2. The van der Waals surface area contributed by atoms with Crippen LogP contribution in [0.3, 0.4) is 0 Å². The maximum Gasteiger partial charge on any atom is 0.326 e. The van der Waals surface area contributed by atoms with Gasteiger partial charge < -0.3 is 164 Å². The average Bonchev–Trinajstić information content (AvgIpc) is 1.65. The minimum atomic E-state index is -2.02. The molecule has 0 radical (unpaired) electrons. The number of hydrogen-bond acceptors (Lipinski definition) is 28. The Morgan fingerprint density at radius 2 is 0.900 bits per heavy atom. The van der Waals surface area contributed by atoms with Crippen molar-refractivity contribution in [3.8, 4) is 5.75 Å². The predicted molar refractivity (Wildman–Crippen MR) is 497 cm³/mol. The van der Waals surface area contributed by atoms with Crippen LogP contribution in [0.5, 0.6) is 5.75 Å². The van der Waals surface area contributed by atoms with Gasteiger partial charge in [0.05, 0.1) is 58.0 Å². The van der Waals surface area contributed by atoms with Crippen molar-refractivity contribution in [1.82, 2.24) is 105 Å². The van der Waals surface area contributed by atoms with Crippen LogP contribution in [0.25, 0.3) is 10.9 Å². The van der Waals surface area contributed by atoms with Crippen LogP contribution >= 0.6 is 0 Å². The van der Waals surface area contributed by atoms with E-state index in [1.807, 2.05) is 0 Å². The van der Waals surface area contributed by atoms with Gasteiger partial charge in [-0.15, -0.1) is 0 Å². The number of benzene rings is 2. The number of aromatic nitrogens is 1. The van der Waals surface area contributed by atoms with Gasteiger partial charge in [0, 0.05) is 62.5 Å². The first-order valence-corrected chi connectivity index (χ1v) is 45.6. The van der Waals surface area contributed by atoms with Gasteiger partial charge in [-0.1, -0.05) is 71.9 Å². The summed E-state index contributed by atoms with van der Waals surface area (Å²) in [5, 5.41) is 129. The summed E-state index contributed by atoms with van der Waals surface area (Å²) < 4.78 is 0. The monoisotopic (exact) mass is 1970 g/mol. The normalized spacial score (nSPS) is 16.4. The fourth-order valence-electron chi connectivity index (χ4n) is 15.1. The number of primary amides is 1. The van der Waals surface area contributed by atoms with E-state index in [0.29, 0.717) is 28.5 Å². The van der Waals surface area contributed by atoms with Crippen molar-refractivity contribution in [2.24, 2.45) is 40.7 Å². The predicted octanol–water partition coefficient (Wildman–Crippen LogP) is -10.4. The SMILES string of the molecule is CC(C)C[C@H](NC(=O)[C@H](CC(=O)O)NC(=O)[C@@H]1CCCN1C(=O)[C@@H](NC(=O)[C@H](CCC(N)=O)NC(=O)[C@H](CO)NC(=O)[C@H](Cc1c[nH]c2ccccc12)NC(=O)CNC(=O)[C@H](CO)NC(=O)[C@H](CC(C)C)NC(=O)[C@H](Cc1ccc(O)cc1)NC(=O)[C@@H]1CCCN1C(=O)[C@H](CO)NC(=O)[C@@H](NC(=O)CNC(=O)CNC(=O)[C@@H](N)CCCNC(=N)N)C(C)C)[C@@H](C)O)C(=O)N[C@@H](CCCNC(=N)N)C(=O)O. The molecule has 2 aromatic carbocycles. The molecule has 35 N–H and O–H groups in total. The number of hydrogen-bond donors (Lipinski definition) is 31. The Kier molecular flexibility index (Phi) is 47.8. The second-order valence-corrected chi connectivity index (χ2v) is 35.0. The number of fused-ring (bicyclic) bond motifs is 1. The van der Waals surface area contributed by atoms with Crippen LogP contribution in [0.4, 0.5) is 0 Å². The lowest BCUT2D eigenvalue weighted by Crippen LogP contribution is -2.62. The van der Waals surface area contributed by atoms with Crippen LogP contribution < -0.4 is 113 Å². The number of aliphatic hydroxyl groups excluding tert-OH is 4. The van der Waals surface area contributed by atoms with Gasteiger partial charge in [-0.3, -0.25) is 102 Å². The number of likely N-dealkylation sites (tertiary alicyclic amines) is 2. The van der Waals surface area contributed by atoms with E-state index in [4.69, 9.17) is 33.8 Å². The Morgan fingerprint density at radius 3 is 1.42 bits per heavy atom. The molecule has 53 nitrogen and oxygen atoms in total. The van der Waals surface area contributed by atoms with E-state index in [1.54, 1.807) is 65.8 Å². The number of aliphatic hydroxyl groups is 4. The number of carbonyl (C=O) groups excluding carboxylic acids is 18. The van der Waals surface area contributed by atoms with Crippen molar-refractivity contribution in [3.63, 3.8) is 0 Å². The molecule has 0 bridgehead atoms. The molecule has 3 heterocycles. The van der Waals surface area contributed by atoms with Gasteiger partial charge in [0.15, 0.2) is 11.9 Å². The molecule has 53 heteroatoms. The lowest BCUT2D eigenvalue weighted by molar-refractivity contribution is -0.146. The summed E-state index contributed by atoms with van der Waals surface area (Å²) >= 11 is 0. The fourth-order valence-corrected chi connectivity index (χ4v) is 15.1. The number of aliphatic carboxylic acids is 2. The van der Waals surface area contributed by atoms with Crippen molar-refractivity contribution in [2.75, 3.05) is 65.6 Å². The van der Waals surface area contributed by atoms with Crippen molar-refractivity contribution in [2.45, 2.75) is 242 Å². The third-order valence-electron chi connectivity index (χ3n) is 22.4. The molecule has 0 spiro atoms. The van der Waals surface area contributed by atoms with E-state index < -0.39 is 286 Å². The highest BCUT2D eigenvalue weighted by Crippen LogP contribution is 2.25. The Bertz CT molecular complexity index is 4860. The zero-order valence-corrected chi connectivity index (χ0v) is 78.8. The number of nitrogens with one attached hydrogen (secondary N) is 20. The molecule has 0 unspecified atom stereocenters. The van der Waals surface area contributed by atoms with E-state index >= 15 is 0 Å². The molecule has 2 aliphatic heterocycles. The number of rotatable bonds is 59. The molecule has 0 aliphatic carbocycles. The topological polar surface area (TPSA) is 862 Å². The molecule has 2 fully saturated rings. The van der Waals surface area contributed by atoms with Crippen LogP contribution in [0.1, 0.15) is 143 Å². The molecule has 3 aromatic rings. The summed E-state index contributed by atoms with van der Waals surface area (Å²) in [5.74, 6) is -24.0. The zero-order chi connectivity index (χ0) is 104. The summed E-state index contributed by atoms with van der Waals surface area (Å²) in [6, 6.07) is -12.3. The number of carboxylic acids is 2. The summed E-state index contributed by atoms with van der Waals surface area (Å²) in [7, 11) is 0. The molecule has 2 saturated heterocycles. The van der Waals surface area contributed by atoms with Crippen LogP contribution in [0, 0.1) is 28.6 Å². The number of aromatic amines is 1. The van der Waals surface area contributed by atoms with Crippen molar-refractivity contribution < 1.29 is 132 Å². The van der Waals surface area contributed by atoms with Gasteiger partial charge in [0.1, 0.15) is 90.3 Å². The van der Waals surface area contributed by atoms with Crippen molar-refractivity contribution in [1.29, 1.82) is 10.8 Å². The number of phenols is 1. The summed E-state index contributed by atoms with van der Waals surface area (Å²) in [5.41, 5.74) is 23.2. The Hall–Kier alpha value is -14.5. The molecule has 140 heavy (non-hydrogen) atoms. The van der Waals surface area contributed by atoms with Gasteiger partial charge in [-0.05, 0) is 125 Å². The molecule has 774 valence electrons. The van der Waals surface area contributed by atoms with E-state index in [-0.39, 0.29) is 120 Å². The third kappa shape index (κ3) is 38.5. The second-order valence-electron chi connectivity index (χ2n) is 35.0. The molecule has 5 rings (SSSR count). The number of aromatic hydroxyl groups is 1. The van der Waals surface area contributed by atoms with Crippen LogP contribution in [0.15, 0.2) is 54.7 Å². The maximum atomic E-state index is 14.7. The highest BCUT2D eigenvalue weighted by atomic mass is 16.4. The molecular formula is C87H134N26O27. The average molecular weight is 1980 g/mol. The quantitative estimate of drug-likeness (QED) is 0.0142. The number of phenolic OH excluding ortho intramolecular Hbond substituents is 1. The lowest BCUT2D eigenvalue weighted by Gasteiger charge is -2.32. The van der Waals surface area contributed by atoms with Gasteiger partial charge >= 0.3 is 11.9 Å². The van der Waals surface area contributed by atoms with Crippen molar-refractivity contribution in [3.05, 3.63) is 65.9 Å². The van der Waals surface area contributed by atoms with Gasteiger partial charge in [0.2, 0.25) is 106 Å². The fraction of sp³-hybridized carbons (Fsp3) is 0.586. The molecule has 1 aromatic heterocycles. The number of carbonyl (C=O) groups is 20. The lowest BCUT2D eigenvalue weighted by atomic mass is 10.0. The first kappa shape index (κ1) is 116. The van der Waals surface area contributed by atoms with Crippen LogP contribution in [-0.4, -0.2) is 343 Å². The highest BCUT2D eigenvalue weighted by molar-refractivity contribution is 6.02. The summed E-state index contributed by atoms with van der Waals surface area (Å²) in [4.78, 5) is 279. The van der Waals surface area contributed by atoms with Crippen LogP contribution in [0.2, 0.25) is 0 Å². The number of carboxylic acid groups (broad SMARTS) is 2. The second kappa shape index (κ2) is 57.7. The van der Waals surface area contributed by atoms with Crippen molar-refractivity contribution >= 4 is 141 Å². The standard InChI is InChI=1S/C87H134N26O27/c1-42(2)30-54(74(128)102-53(85(139)140)17-11-27-95-87(92)93)104-78(132)58(34-68(123)124)106-81(135)63-19-13-29-113(63)84(138)70(45(7)117)111-73(127)52(24-25-64(89)119)101-79(133)60(40-115)108-77(131)57(33-47-35-96-51-16-9-8-14-49(47)51)100-66(121)38-99-72(126)59(39-114)107-75(129)55(31-43(3)4)103-76(130)56(32-46-20-22-48(118)23-21-46)105-80(134)62-18-12-28-112(62)83(137)61(41-116)109-82(136)69(44(5)6)110-67(122)37-97-65(120)36-98-71(125)50(88)15-10-26-94-86(90)91/h8-9,14,16,20-23,35,42-45,50,52-63,69-70,96,114-118H,10-13,15,17-19,24-34,36-41,88H2,1-7H3,(H2,89,119)(H,97,120)(H,98,125)(H,99,126)(H,100,121)(H,101,133)(H,102,128)(H,103,130)(H,104,132)(H,105,134)(H,106,135)(H,107,129)(H,108,131)(H,109,136)(H,110,122)(H,111,127)(H,123,124)(H,139,140)(H4,90,91,94)(H4,92,93,95)/t45-,50+,52+,53+,54+,55+,56+,57+,58+,59+,60+,61+,62+,63+,69+,70+/m1/s1. The summed E-state index contributed by atoms with van der Waals surface area (Å²) in [6.07, 6.45) is -2.92. The summed E-state index contributed by atoms with van der Waals surface area (Å²) in [6.45, 7) is 5.29. The smallest absolute Gasteiger partial charge is 0.326 e. The van der Waals surface area contributed by atoms with E-state index in [0.717, 1.165) is 16.7 Å². The molecule has 18 amide bonds. The van der Waals surface area contributed by atoms with Gasteiger partial charge in [-0.25, -0.2) is 4.79 Å². The number of H-pyrrole nitrogens is 1. The first-order chi connectivity index (χ1) is 66.1. The zero-order valence-electron chi connectivity index (χ0n) is 78.8. The number of para-hydroxylation sites is 1. The highest BCUT2D eigenvalue weighted by Gasteiger charge is 2.45. The largest absolute Gasteiger partial charge is 0.508 e. The molecule has 16 atom stereocenters. The van der Waals surface area contributed by atoms with Gasteiger partial charge in [0.25, 0.3) is 0 Å². The first-order valence-electron chi connectivity index (χ1n) is 45.6.